The number of hydrogen-bond acceptors (Lipinski definition) is 7. The summed E-state index contributed by atoms with van der Waals surface area (Å²) in [6.07, 6.45) is 1.11. The molecule has 0 amide bonds. The summed E-state index contributed by atoms with van der Waals surface area (Å²) in [6.45, 7) is 10.8. The largest absolute Gasteiger partial charge is 0.497 e. The number of hydrogen-bond donors (Lipinski definition) is 0. The van der Waals surface area contributed by atoms with Crippen molar-refractivity contribution in [2.24, 2.45) is 16.7 Å². The van der Waals surface area contributed by atoms with Gasteiger partial charge in [0.05, 0.1) is 31.3 Å². The Bertz CT molecular complexity index is 1390. The zero-order chi connectivity index (χ0) is 30.1. The van der Waals surface area contributed by atoms with Crippen molar-refractivity contribution in [2.75, 3.05) is 13.7 Å². The number of Topliss-reactive ketones (excluding diaryl/α,β-unsaturated/α-hetero) is 1. The maximum Gasteiger partial charge on any atom is 0.338 e. The van der Waals surface area contributed by atoms with E-state index in [-0.39, 0.29) is 30.7 Å². The monoisotopic (exact) mass is 572 g/mol. The summed E-state index contributed by atoms with van der Waals surface area (Å²) >= 11 is 0. The van der Waals surface area contributed by atoms with E-state index in [2.05, 4.69) is 13.5 Å². The Kier molecular flexibility index (Phi) is 8.42. The number of carbonyl (C=O) groups is 3. The average Bonchev–Trinajstić information content (AvgIpc) is 3.30. The van der Waals surface area contributed by atoms with Gasteiger partial charge in [0.25, 0.3) is 0 Å². The van der Waals surface area contributed by atoms with Crippen LogP contribution in [-0.4, -0.2) is 43.6 Å². The van der Waals surface area contributed by atoms with Crippen LogP contribution in [-0.2, 0) is 30.4 Å². The van der Waals surface area contributed by atoms with E-state index in [0.717, 1.165) is 23.3 Å². The van der Waals surface area contributed by atoms with Crippen LogP contribution in [0.1, 0.15) is 68.8 Å². The van der Waals surface area contributed by atoms with E-state index >= 15 is 0 Å². The van der Waals surface area contributed by atoms with Crippen LogP contribution in [0, 0.1) is 16.7 Å². The molecule has 5 rings (SSSR count). The lowest BCUT2D eigenvalue weighted by Crippen LogP contribution is -2.52. The molecule has 7 nitrogen and oxygen atoms in total. The van der Waals surface area contributed by atoms with Crippen molar-refractivity contribution < 1.29 is 33.3 Å². The molecule has 0 radical (unpaired) electrons. The molecule has 0 spiro atoms. The van der Waals surface area contributed by atoms with Crippen molar-refractivity contribution in [2.45, 2.75) is 71.7 Å². The molecule has 1 heterocycles. The second kappa shape index (κ2) is 11.9. The first-order valence-electron chi connectivity index (χ1n) is 14.7. The van der Waals surface area contributed by atoms with Gasteiger partial charge in [-0.3, -0.25) is 9.59 Å². The SMILES string of the molecule is C=C(C)[C@@H](OCc1ccc(OC)cc1)[C@@H](CC1=C2CC[C@H]3COC(=O)[C@]3(C)[C@@]2(C)CCC1=O)OC(=O)c1ccccc1. The van der Waals surface area contributed by atoms with Gasteiger partial charge in [-0.05, 0) is 74.1 Å². The summed E-state index contributed by atoms with van der Waals surface area (Å²) < 4.78 is 23.4. The van der Waals surface area contributed by atoms with E-state index in [4.69, 9.17) is 18.9 Å². The molecule has 0 bridgehead atoms. The van der Waals surface area contributed by atoms with Crippen molar-refractivity contribution in [1.82, 2.24) is 0 Å². The fraction of sp³-hybridized carbons (Fsp3) is 0.457. The molecule has 2 aliphatic carbocycles. The molecule has 1 saturated carbocycles. The highest BCUT2D eigenvalue weighted by molar-refractivity contribution is 5.98. The first-order chi connectivity index (χ1) is 20.1. The van der Waals surface area contributed by atoms with Crippen molar-refractivity contribution in [3.63, 3.8) is 0 Å². The van der Waals surface area contributed by atoms with Gasteiger partial charge in [0.2, 0.25) is 0 Å². The van der Waals surface area contributed by atoms with Gasteiger partial charge in [0, 0.05) is 24.2 Å². The third kappa shape index (κ3) is 5.31. The summed E-state index contributed by atoms with van der Waals surface area (Å²) in [4.78, 5) is 40.1. The molecule has 0 aromatic heterocycles. The molecule has 222 valence electrons. The molecule has 3 aliphatic rings. The molecule has 5 atom stereocenters. The zero-order valence-electron chi connectivity index (χ0n) is 24.9. The second-order valence-corrected chi connectivity index (χ2v) is 12.2. The number of methoxy groups -OCH3 is 1. The minimum Gasteiger partial charge on any atom is -0.497 e. The standard InChI is InChI=1S/C35H40O7/c1-22(2)31(40-20-23-11-14-26(39-5)15-12-23)30(42-32(37)24-9-7-6-8-10-24)19-27-28-16-13-25-21-41-33(38)35(25,4)34(28,3)18-17-29(27)36/h6-12,14-15,25,30-31H,1,13,16-21H2,2-5H3/t25-,30+,31+,34-,35+/m0/s1. The van der Waals surface area contributed by atoms with E-state index in [9.17, 15) is 14.4 Å². The lowest BCUT2D eigenvalue weighted by atomic mass is 9.48. The van der Waals surface area contributed by atoms with E-state index in [0.29, 0.717) is 42.6 Å². The normalized spacial score (nSPS) is 26.5. The first kappa shape index (κ1) is 29.8. The average molecular weight is 573 g/mol. The number of rotatable bonds is 10. The highest BCUT2D eigenvalue weighted by atomic mass is 16.6. The molecule has 42 heavy (non-hydrogen) atoms. The Morgan fingerprint density at radius 1 is 1.07 bits per heavy atom. The minimum absolute atomic E-state index is 0.0345. The van der Waals surface area contributed by atoms with E-state index in [1.54, 1.807) is 31.4 Å². The zero-order valence-corrected chi connectivity index (χ0v) is 24.9. The molecule has 7 heteroatoms. The van der Waals surface area contributed by atoms with Gasteiger partial charge in [-0.15, -0.1) is 0 Å². The summed E-state index contributed by atoms with van der Waals surface area (Å²) in [5.41, 5.74) is 2.45. The fourth-order valence-corrected chi connectivity index (χ4v) is 7.10. The predicted octanol–water partition coefficient (Wildman–Crippen LogP) is 6.41. The lowest BCUT2D eigenvalue weighted by Gasteiger charge is -2.52. The summed E-state index contributed by atoms with van der Waals surface area (Å²) in [5.74, 6) is 0.219. The summed E-state index contributed by atoms with van der Waals surface area (Å²) in [7, 11) is 1.62. The van der Waals surface area contributed by atoms with E-state index < -0.39 is 29.0 Å². The van der Waals surface area contributed by atoms with Crippen LogP contribution in [0.25, 0.3) is 0 Å². The smallest absolute Gasteiger partial charge is 0.338 e. The van der Waals surface area contributed by atoms with Crippen LogP contribution in [0.4, 0.5) is 0 Å². The Hall–Kier alpha value is -3.71. The number of esters is 2. The summed E-state index contributed by atoms with van der Waals surface area (Å²) in [5, 5.41) is 0. The number of fused-ring (bicyclic) bond motifs is 3. The van der Waals surface area contributed by atoms with Gasteiger partial charge in [-0.25, -0.2) is 4.79 Å². The first-order valence-corrected chi connectivity index (χ1v) is 14.7. The maximum absolute atomic E-state index is 13.6. The predicted molar refractivity (Wildman–Crippen MR) is 158 cm³/mol. The summed E-state index contributed by atoms with van der Waals surface area (Å²) in [6, 6.07) is 16.4. The van der Waals surface area contributed by atoms with Gasteiger partial charge in [-0.1, -0.05) is 49.4 Å². The molecule has 2 fully saturated rings. The van der Waals surface area contributed by atoms with Gasteiger partial charge in [0.1, 0.15) is 18.0 Å². The van der Waals surface area contributed by atoms with Crippen LogP contribution < -0.4 is 4.74 Å². The molecule has 2 aromatic rings. The number of allylic oxidation sites excluding steroid dienone is 1. The number of benzene rings is 2. The maximum atomic E-state index is 13.6. The number of ether oxygens (including phenoxy) is 4. The van der Waals surface area contributed by atoms with E-state index in [1.807, 2.05) is 44.2 Å². The Labute approximate surface area is 247 Å². The molecule has 0 unspecified atom stereocenters. The second-order valence-electron chi connectivity index (χ2n) is 12.2. The topological polar surface area (TPSA) is 88.1 Å². The van der Waals surface area contributed by atoms with Gasteiger partial charge in [0.15, 0.2) is 5.78 Å². The lowest BCUT2D eigenvalue weighted by molar-refractivity contribution is -0.153. The van der Waals surface area contributed by atoms with Crippen LogP contribution in [0.3, 0.4) is 0 Å². The van der Waals surface area contributed by atoms with Crippen molar-refractivity contribution in [3.05, 3.63) is 89.0 Å². The number of cyclic esters (lactones) is 1. The molecule has 1 aliphatic heterocycles. The molecular formula is C35H40O7. The van der Waals surface area contributed by atoms with E-state index in [1.165, 1.54) is 0 Å². The molecular weight excluding hydrogens is 532 g/mol. The van der Waals surface area contributed by atoms with Crippen LogP contribution in [0.2, 0.25) is 0 Å². The molecule has 2 aromatic carbocycles. The number of ketones is 1. The van der Waals surface area contributed by atoms with Crippen LogP contribution in [0.15, 0.2) is 77.9 Å². The Morgan fingerprint density at radius 3 is 2.45 bits per heavy atom. The third-order valence-electron chi connectivity index (χ3n) is 9.85. The van der Waals surface area contributed by atoms with Crippen LogP contribution in [0.5, 0.6) is 5.75 Å². The molecule has 1 saturated heterocycles. The fourth-order valence-electron chi connectivity index (χ4n) is 7.10. The van der Waals surface area contributed by atoms with Crippen LogP contribution >= 0.6 is 0 Å². The number of carbonyl (C=O) groups excluding carboxylic acids is 3. The van der Waals surface area contributed by atoms with Gasteiger partial charge in [-0.2, -0.15) is 0 Å². The molecule has 0 N–H and O–H groups in total. The van der Waals surface area contributed by atoms with Crippen molar-refractivity contribution in [1.29, 1.82) is 0 Å². The third-order valence-corrected chi connectivity index (χ3v) is 9.85. The van der Waals surface area contributed by atoms with Gasteiger partial charge < -0.3 is 18.9 Å². The minimum atomic E-state index is -0.802. The quantitative estimate of drug-likeness (QED) is 0.240. The van der Waals surface area contributed by atoms with Crippen molar-refractivity contribution >= 4 is 17.7 Å². The van der Waals surface area contributed by atoms with Gasteiger partial charge >= 0.3 is 11.9 Å². The Balaban J connectivity index is 1.49. The highest BCUT2D eigenvalue weighted by Crippen LogP contribution is 2.63. The highest BCUT2D eigenvalue weighted by Gasteiger charge is 2.64. The Morgan fingerprint density at radius 2 is 1.79 bits per heavy atom. The van der Waals surface area contributed by atoms with Crippen molar-refractivity contribution in [3.8, 4) is 5.75 Å².